The standard InChI is InChI=1S/C21H18F2N2O3S3/c22-21(23)30-17-7-3-6-16(12-17)24-20(26)19-18(9-11-29-19)31(27,28)25-10-8-14-4-1-2-5-15(14)13-25/h1-7,9,11-12,21H,8,10,13H2,(H,24,26). The second-order valence-corrected chi connectivity index (χ2v) is 10.7. The van der Waals surface area contributed by atoms with E-state index in [2.05, 4.69) is 5.32 Å². The van der Waals surface area contributed by atoms with Gasteiger partial charge in [0.1, 0.15) is 9.77 Å². The molecule has 1 aliphatic heterocycles. The Morgan fingerprint density at radius 2 is 1.87 bits per heavy atom. The Morgan fingerprint density at radius 1 is 1.10 bits per heavy atom. The lowest BCUT2D eigenvalue weighted by Gasteiger charge is -2.28. The minimum absolute atomic E-state index is 0.0486. The molecular formula is C21H18F2N2O3S3. The zero-order valence-electron chi connectivity index (χ0n) is 16.1. The SMILES string of the molecule is O=C(Nc1cccc(SC(F)F)c1)c1sccc1S(=O)(=O)N1CCc2ccccc2C1. The van der Waals surface area contributed by atoms with Crippen LogP contribution < -0.4 is 5.32 Å². The third-order valence-electron chi connectivity index (χ3n) is 4.87. The second kappa shape index (κ2) is 9.07. The molecule has 1 aliphatic rings. The second-order valence-electron chi connectivity index (χ2n) is 6.83. The van der Waals surface area contributed by atoms with Crippen LogP contribution in [0.2, 0.25) is 0 Å². The van der Waals surface area contributed by atoms with Crippen LogP contribution >= 0.6 is 23.1 Å². The van der Waals surface area contributed by atoms with Crippen molar-refractivity contribution in [2.45, 2.75) is 28.5 Å². The Labute approximate surface area is 187 Å². The van der Waals surface area contributed by atoms with Gasteiger partial charge in [0.25, 0.3) is 11.7 Å². The molecule has 0 aliphatic carbocycles. The zero-order chi connectivity index (χ0) is 22.0. The fourth-order valence-corrected chi connectivity index (χ4v) is 6.69. The van der Waals surface area contributed by atoms with Gasteiger partial charge in [0.2, 0.25) is 10.0 Å². The first kappa shape index (κ1) is 21.9. The molecule has 4 rings (SSSR count). The molecule has 1 aromatic heterocycles. The fraction of sp³-hybridized carbons (Fsp3) is 0.190. The van der Waals surface area contributed by atoms with Crippen LogP contribution in [0.3, 0.4) is 0 Å². The normalized spacial score (nSPS) is 14.4. The first-order valence-corrected chi connectivity index (χ1v) is 12.5. The highest BCUT2D eigenvalue weighted by Crippen LogP contribution is 2.31. The number of hydrogen-bond donors (Lipinski definition) is 1. The summed E-state index contributed by atoms with van der Waals surface area (Å²) < 4.78 is 53.1. The van der Waals surface area contributed by atoms with Gasteiger partial charge in [-0.1, -0.05) is 42.1 Å². The van der Waals surface area contributed by atoms with Crippen LogP contribution in [0.25, 0.3) is 0 Å². The van der Waals surface area contributed by atoms with E-state index in [0.717, 1.165) is 22.5 Å². The van der Waals surface area contributed by atoms with Gasteiger partial charge in [0.05, 0.1) is 0 Å². The van der Waals surface area contributed by atoms with Crippen molar-refractivity contribution in [3.8, 4) is 0 Å². The summed E-state index contributed by atoms with van der Waals surface area (Å²) in [7, 11) is -3.87. The largest absolute Gasteiger partial charge is 0.321 e. The molecule has 162 valence electrons. The molecule has 3 aromatic rings. The smallest absolute Gasteiger partial charge is 0.288 e. The molecule has 0 radical (unpaired) electrons. The number of carbonyl (C=O) groups excluding carboxylic acids is 1. The van der Waals surface area contributed by atoms with Crippen molar-refractivity contribution < 1.29 is 22.0 Å². The summed E-state index contributed by atoms with van der Waals surface area (Å²) in [6.07, 6.45) is 0.607. The summed E-state index contributed by atoms with van der Waals surface area (Å²) in [6, 6.07) is 15.2. The van der Waals surface area contributed by atoms with E-state index >= 15 is 0 Å². The molecule has 0 fully saturated rings. The van der Waals surface area contributed by atoms with E-state index in [-0.39, 0.29) is 16.3 Å². The minimum atomic E-state index is -3.87. The Kier molecular flexibility index (Phi) is 6.42. The molecule has 5 nitrogen and oxygen atoms in total. The van der Waals surface area contributed by atoms with Crippen molar-refractivity contribution in [1.82, 2.24) is 4.31 Å². The summed E-state index contributed by atoms with van der Waals surface area (Å²) in [5.41, 5.74) is 2.39. The summed E-state index contributed by atoms with van der Waals surface area (Å²) >= 11 is 1.40. The number of carbonyl (C=O) groups is 1. The number of fused-ring (bicyclic) bond motifs is 1. The minimum Gasteiger partial charge on any atom is -0.321 e. The van der Waals surface area contributed by atoms with Gasteiger partial charge in [-0.2, -0.15) is 13.1 Å². The fourth-order valence-electron chi connectivity index (χ4n) is 3.42. The highest BCUT2D eigenvalue weighted by atomic mass is 32.2. The maximum Gasteiger partial charge on any atom is 0.288 e. The van der Waals surface area contributed by atoms with Crippen LogP contribution in [0.5, 0.6) is 0 Å². The molecule has 1 N–H and O–H groups in total. The number of nitrogens with one attached hydrogen (secondary N) is 1. The molecule has 31 heavy (non-hydrogen) atoms. The molecule has 10 heteroatoms. The van der Waals surface area contributed by atoms with Crippen LogP contribution in [-0.4, -0.2) is 30.9 Å². The lowest BCUT2D eigenvalue weighted by molar-refractivity contribution is 0.102. The maximum absolute atomic E-state index is 13.3. The number of hydrogen-bond acceptors (Lipinski definition) is 5. The molecule has 0 bridgehead atoms. The van der Waals surface area contributed by atoms with E-state index in [1.807, 2.05) is 24.3 Å². The van der Waals surface area contributed by atoms with E-state index < -0.39 is 21.7 Å². The third-order valence-corrected chi connectivity index (χ3v) is 8.50. The number of rotatable bonds is 6. The summed E-state index contributed by atoms with van der Waals surface area (Å²) in [6.45, 7) is 0.589. The number of sulfonamides is 1. The number of alkyl halides is 2. The van der Waals surface area contributed by atoms with Crippen LogP contribution in [0.1, 0.15) is 20.8 Å². The zero-order valence-corrected chi connectivity index (χ0v) is 18.6. The van der Waals surface area contributed by atoms with Crippen LogP contribution in [0.4, 0.5) is 14.5 Å². The van der Waals surface area contributed by atoms with Crippen molar-refractivity contribution in [1.29, 1.82) is 0 Å². The van der Waals surface area contributed by atoms with Crippen molar-refractivity contribution in [2.75, 3.05) is 11.9 Å². The Balaban J connectivity index is 1.55. The number of halogens is 2. The predicted molar refractivity (Wildman–Crippen MR) is 118 cm³/mol. The number of anilines is 1. The summed E-state index contributed by atoms with van der Waals surface area (Å²) in [5, 5.41) is 4.18. The van der Waals surface area contributed by atoms with E-state index in [9.17, 15) is 22.0 Å². The average Bonchev–Trinajstić information content (AvgIpc) is 3.24. The molecule has 0 atom stereocenters. The molecule has 0 saturated carbocycles. The van der Waals surface area contributed by atoms with Gasteiger partial charge in [0.15, 0.2) is 0 Å². The number of benzene rings is 2. The molecule has 0 spiro atoms. The number of thioether (sulfide) groups is 1. The quantitative estimate of drug-likeness (QED) is 0.501. The number of amides is 1. The lowest BCUT2D eigenvalue weighted by atomic mass is 10.0. The highest BCUT2D eigenvalue weighted by Gasteiger charge is 2.32. The molecular weight excluding hydrogens is 462 g/mol. The van der Waals surface area contributed by atoms with Gasteiger partial charge < -0.3 is 5.32 Å². The number of nitrogens with zero attached hydrogens (tertiary/aromatic N) is 1. The predicted octanol–water partition coefficient (Wildman–Crippen LogP) is 5.06. The van der Waals surface area contributed by atoms with Gasteiger partial charge >= 0.3 is 0 Å². The Bertz CT molecular complexity index is 1210. The number of thiophene rings is 1. The average molecular weight is 481 g/mol. The Morgan fingerprint density at radius 3 is 2.65 bits per heavy atom. The summed E-state index contributed by atoms with van der Waals surface area (Å²) in [4.78, 5) is 13.1. The van der Waals surface area contributed by atoms with Crippen molar-refractivity contribution >= 4 is 44.7 Å². The Hall–Kier alpha value is -2.27. The summed E-state index contributed by atoms with van der Waals surface area (Å²) in [5.74, 6) is -3.17. The molecule has 2 aromatic carbocycles. The van der Waals surface area contributed by atoms with Crippen LogP contribution in [0.15, 0.2) is 69.8 Å². The molecule has 0 saturated heterocycles. The van der Waals surface area contributed by atoms with Crippen molar-refractivity contribution in [2.24, 2.45) is 0 Å². The molecule has 2 heterocycles. The van der Waals surface area contributed by atoms with E-state index in [1.54, 1.807) is 17.5 Å². The molecule has 1 amide bonds. The van der Waals surface area contributed by atoms with Gasteiger partial charge in [0, 0.05) is 23.7 Å². The lowest BCUT2D eigenvalue weighted by Crippen LogP contribution is -2.36. The van der Waals surface area contributed by atoms with Crippen molar-refractivity contribution in [3.05, 3.63) is 76.0 Å². The van der Waals surface area contributed by atoms with Gasteiger partial charge in [-0.3, -0.25) is 4.79 Å². The van der Waals surface area contributed by atoms with E-state index in [1.165, 1.54) is 22.5 Å². The van der Waals surface area contributed by atoms with E-state index in [4.69, 9.17) is 0 Å². The topological polar surface area (TPSA) is 66.5 Å². The first-order valence-electron chi connectivity index (χ1n) is 9.35. The first-order chi connectivity index (χ1) is 14.8. The monoisotopic (exact) mass is 480 g/mol. The molecule has 0 unspecified atom stereocenters. The van der Waals surface area contributed by atoms with Crippen molar-refractivity contribution in [3.63, 3.8) is 0 Å². The van der Waals surface area contributed by atoms with E-state index in [0.29, 0.717) is 35.3 Å². The maximum atomic E-state index is 13.3. The van der Waals surface area contributed by atoms with Crippen LogP contribution in [0, 0.1) is 0 Å². The highest BCUT2D eigenvalue weighted by molar-refractivity contribution is 7.99. The third kappa shape index (κ3) is 4.82. The van der Waals surface area contributed by atoms with Gasteiger partial charge in [-0.15, -0.1) is 11.3 Å². The van der Waals surface area contributed by atoms with Gasteiger partial charge in [-0.25, -0.2) is 8.42 Å². The van der Waals surface area contributed by atoms with Crippen LogP contribution in [-0.2, 0) is 23.0 Å². The van der Waals surface area contributed by atoms with Gasteiger partial charge in [-0.05, 0) is 47.2 Å².